The molecule has 0 saturated heterocycles. The first-order valence-corrected chi connectivity index (χ1v) is 4.10. The summed E-state index contributed by atoms with van der Waals surface area (Å²) in [5.41, 5.74) is 4.84. The van der Waals surface area contributed by atoms with E-state index in [1.807, 2.05) is 6.92 Å². The third-order valence-electron chi connectivity index (χ3n) is 0.692. The number of hydrogen-bond donors (Lipinski definition) is 3. The molecule has 0 aliphatic carbocycles. The second-order valence-electron chi connectivity index (χ2n) is 2.28. The molecular formula is C9H19NO4. The normalized spacial score (nSPS) is 9.43. The van der Waals surface area contributed by atoms with Crippen LogP contribution in [0, 0.1) is 0 Å². The predicted octanol–water partition coefficient (Wildman–Crippen LogP) is 1.09. The van der Waals surface area contributed by atoms with Gasteiger partial charge in [0, 0.05) is 6.42 Å². The summed E-state index contributed by atoms with van der Waals surface area (Å²) in [4.78, 5) is 18.9. The van der Waals surface area contributed by atoms with E-state index >= 15 is 0 Å². The molecule has 5 heteroatoms. The van der Waals surface area contributed by atoms with Crippen molar-refractivity contribution in [1.29, 1.82) is 0 Å². The zero-order valence-electron chi connectivity index (χ0n) is 8.86. The second kappa shape index (κ2) is 14.2. The van der Waals surface area contributed by atoms with Gasteiger partial charge in [-0.15, -0.1) is 6.58 Å². The molecule has 1 unspecified atom stereocenters. The Morgan fingerprint density at radius 3 is 1.64 bits per heavy atom. The summed E-state index contributed by atoms with van der Waals surface area (Å²) in [6, 6.07) is -0.731. The molecule has 84 valence electrons. The lowest BCUT2D eigenvalue weighted by Gasteiger charge is -1.90. The number of rotatable bonds is 2. The number of carbonyl (C=O) groups is 2. The van der Waals surface area contributed by atoms with Crippen LogP contribution in [0.3, 0.4) is 0 Å². The van der Waals surface area contributed by atoms with Crippen LogP contribution >= 0.6 is 0 Å². The maximum atomic E-state index is 9.57. The minimum Gasteiger partial charge on any atom is -0.481 e. The highest BCUT2D eigenvalue weighted by atomic mass is 16.4. The van der Waals surface area contributed by atoms with Crippen LogP contribution in [0.25, 0.3) is 0 Å². The van der Waals surface area contributed by atoms with E-state index in [1.165, 1.54) is 6.92 Å². The van der Waals surface area contributed by atoms with Gasteiger partial charge in [-0.3, -0.25) is 9.59 Å². The Kier molecular flexibility index (Phi) is 18.7. The lowest BCUT2D eigenvalue weighted by Crippen LogP contribution is -2.25. The SMILES string of the molecule is C=CC.CC(N)C(=O)O.CCC(=O)O. The number of carboxylic acids is 2. The Morgan fingerprint density at radius 2 is 1.64 bits per heavy atom. The topological polar surface area (TPSA) is 101 Å². The molecular weight excluding hydrogens is 186 g/mol. The first-order valence-electron chi connectivity index (χ1n) is 4.10. The van der Waals surface area contributed by atoms with Crippen molar-refractivity contribution in [3.8, 4) is 0 Å². The third-order valence-corrected chi connectivity index (χ3v) is 0.692. The van der Waals surface area contributed by atoms with Crippen LogP contribution in [0.2, 0.25) is 0 Å². The average Bonchev–Trinajstić information content (AvgIpc) is 2.06. The molecule has 14 heavy (non-hydrogen) atoms. The van der Waals surface area contributed by atoms with Crippen molar-refractivity contribution in [2.75, 3.05) is 0 Å². The molecule has 0 aliphatic heterocycles. The largest absolute Gasteiger partial charge is 0.481 e. The van der Waals surface area contributed by atoms with E-state index in [2.05, 4.69) is 6.58 Å². The van der Waals surface area contributed by atoms with Crippen LogP contribution < -0.4 is 5.73 Å². The molecule has 0 spiro atoms. The quantitative estimate of drug-likeness (QED) is 0.586. The van der Waals surface area contributed by atoms with Crippen molar-refractivity contribution < 1.29 is 19.8 Å². The number of aliphatic carboxylic acids is 2. The molecule has 0 rings (SSSR count). The fraction of sp³-hybridized carbons (Fsp3) is 0.556. The van der Waals surface area contributed by atoms with Crippen LogP contribution in [0.1, 0.15) is 27.2 Å². The van der Waals surface area contributed by atoms with Gasteiger partial charge in [-0.2, -0.15) is 0 Å². The summed E-state index contributed by atoms with van der Waals surface area (Å²) in [5.74, 6) is -1.71. The fourth-order valence-corrected chi connectivity index (χ4v) is 0. The number of nitrogens with two attached hydrogens (primary N) is 1. The summed E-state index contributed by atoms with van der Waals surface area (Å²) >= 11 is 0. The van der Waals surface area contributed by atoms with Crippen molar-refractivity contribution in [3.05, 3.63) is 12.7 Å². The highest BCUT2D eigenvalue weighted by Gasteiger charge is 1.99. The van der Waals surface area contributed by atoms with Crippen molar-refractivity contribution >= 4 is 11.9 Å². The molecule has 0 aromatic carbocycles. The van der Waals surface area contributed by atoms with E-state index in [0.29, 0.717) is 0 Å². The summed E-state index contributed by atoms with van der Waals surface area (Å²) < 4.78 is 0. The van der Waals surface area contributed by atoms with Crippen LogP contribution in [0.5, 0.6) is 0 Å². The minimum atomic E-state index is -0.963. The lowest BCUT2D eigenvalue weighted by molar-refractivity contribution is -0.138. The molecule has 0 aromatic heterocycles. The van der Waals surface area contributed by atoms with E-state index < -0.39 is 18.0 Å². The zero-order chi connectivity index (χ0) is 12.1. The maximum absolute atomic E-state index is 9.57. The molecule has 0 fully saturated rings. The minimum absolute atomic E-state index is 0.222. The highest BCUT2D eigenvalue weighted by molar-refractivity contribution is 5.72. The Hall–Kier alpha value is -1.36. The Labute approximate surface area is 84.2 Å². The molecule has 0 saturated carbocycles. The number of allylic oxidation sites excluding steroid dienone is 1. The van der Waals surface area contributed by atoms with Crippen LogP contribution in [-0.2, 0) is 9.59 Å². The molecule has 0 bridgehead atoms. The maximum Gasteiger partial charge on any atom is 0.320 e. The van der Waals surface area contributed by atoms with Crippen LogP contribution in [-0.4, -0.2) is 28.2 Å². The van der Waals surface area contributed by atoms with E-state index in [-0.39, 0.29) is 6.42 Å². The van der Waals surface area contributed by atoms with Gasteiger partial charge in [0.2, 0.25) is 0 Å². The molecule has 1 atom stereocenters. The van der Waals surface area contributed by atoms with Crippen LogP contribution in [0.15, 0.2) is 12.7 Å². The zero-order valence-corrected chi connectivity index (χ0v) is 8.86. The summed E-state index contributed by atoms with van der Waals surface area (Å²) in [6.45, 7) is 8.27. The lowest BCUT2D eigenvalue weighted by atomic mass is 10.4. The van der Waals surface area contributed by atoms with Gasteiger partial charge in [-0.1, -0.05) is 13.0 Å². The van der Waals surface area contributed by atoms with E-state index in [9.17, 15) is 9.59 Å². The van der Waals surface area contributed by atoms with E-state index in [1.54, 1.807) is 13.0 Å². The summed E-state index contributed by atoms with van der Waals surface area (Å²) in [7, 11) is 0. The van der Waals surface area contributed by atoms with Crippen molar-refractivity contribution in [2.45, 2.75) is 33.2 Å². The summed E-state index contributed by atoms with van der Waals surface area (Å²) in [5, 5.41) is 15.6. The van der Waals surface area contributed by atoms with Crippen molar-refractivity contribution in [3.63, 3.8) is 0 Å². The predicted molar refractivity (Wildman–Crippen MR) is 55.1 cm³/mol. The van der Waals surface area contributed by atoms with Crippen LogP contribution in [0.4, 0.5) is 0 Å². The van der Waals surface area contributed by atoms with Gasteiger partial charge in [0.1, 0.15) is 6.04 Å². The third kappa shape index (κ3) is 45.9. The second-order valence-corrected chi connectivity index (χ2v) is 2.28. The van der Waals surface area contributed by atoms with Gasteiger partial charge < -0.3 is 15.9 Å². The van der Waals surface area contributed by atoms with Gasteiger partial charge in [0.25, 0.3) is 0 Å². The fourth-order valence-electron chi connectivity index (χ4n) is 0. The molecule has 0 amide bonds. The Balaban J connectivity index is -0.000000138. The van der Waals surface area contributed by atoms with Gasteiger partial charge in [0.15, 0.2) is 0 Å². The molecule has 0 aliphatic rings. The molecule has 0 aromatic rings. The molecule has 0 heterocycles. The van der Waals surface area contributed by atoms with Crippen molar-refractivity contribution in [1.82, 2.24) is 0 Å². The standard InChI is InChI=1S/C3H7NO2.C3H6O2.C3H6/c1-2(4)3(5)6;1-2-3(4)5;1-3-2/h2H,4H2,1H3,(H,5,6);2H2,1H3,(H,4,5);3H,1H2,2H3. The first-order chi connectivity index (χ1) is 6.33. The average molecular weight is 205 g/mol. The smallest absolute Gasteiger partial charge is 0.320 e. The van der Waals surface area contributed by atoms with Gasteiger partial charge >= 0.3 is 11.9 Å². The summed E-state index contributed by atoms with van der Waals surface area (Å²) in [6.07, 6.45) is 1.97. The van der Waals surface area contributed by atoms with Gasteiger partial charge in [-0.25, -0.2) is 0 Å². The monoisotopic (exact) mass is 205 g/mol. The molecule has 5 nitrogen and oxygen atoms in total. The van der Waals surface area contributed by atoms with Gasteiger partial charge in [0.05, 0.1) is 0 Å². The number of carboxylic acid groups (broad SMARTS) is 2. The molecule has 4 N–H and O–H groups in total. The van der Waals surface area contributed by atoms with E-state index in [4.69, 9.17) is 15.9 Å². The van der Waals surface area contributed by atoms with E-state index in [0.717, 1.165) is 0 Å². The van der Waals surface area contributed by atoms with Crippen molar-refractivity contribution in [2.24, 2.45) is 5.73 Å². The van der Waals surface area contributed by atoms with Gasteiger partial charge in [-0.05, 0) is 13.8 Å². The first kappa shape index (κ1) is 18.4. The Morgan fingerprint density at radius 1 is 1.50 bits per heavy atom. The highest BCUT2D eigenvalue weighted by Crippen LogP contribution is 1.68. The number of hydrogen-bond acceptors (Lipinski definition) is 3. The molecule has 0 radical (unpaired) electrons. The Bertz CT molecular complexity index is 166.